The number of hydrogen-bond acceptors (Lipinski definition) is 5. The molecule has 0 spiro atoms. The van der Waals surface area contributed by atoms with E-state index in [1.165, 1.54) is 4.31 Å². The van der Waals surface area contributed by atoms with Gasteiger partial charge in [0, 0.05) is 42.2 Å². The highest BCUT2D eigenvalue weighted by atomic mass is 35.5. The second-order valence-corrected chi connectivity index (χ2v) is 9.98. The standard InChI is InChI=1S/C24H21ClN4O2S/c25-19-11-12-22-21(17-19)23(18-7-3-1-4-8-18)27-24(26-22)28-13-15-29(16-14-28)32(30,31)20-9-5-2-6-10-20/h1-12,17H,13-16H2. The minimum Gasteiger partial charge on any atom is -0.338 e. The first kappa shape index (κ1) is 20.9. The number of hydrogen-bond donors (Lipinski definition) is 0. The lowest BCUT2D eigenvalue weighted by molar-refractivity contribution is 0.382. The Hall–Kier alpha value is -3.00. The third-order valence-corrected chi connectivity index (χ3v) is 7.74. The van der Waals surface area contributed by atoms with Crippen molar-refractivity contribution >= 4 is 38.5 Å². The summed E-state index contributed by atoms with van der Waals surface area (Å²) in [5, 5.41) is 1.52. The summed E-state index contributed by atoms with van der Waals surface area (Å²) in [4.78, 5) is 12.0. The van der Waals surface area contributed by atoms with Gasteiger partial charge in [-0.1, -0.05) is 60.1 Å². The molecule has 1 aromatic heterocycles. The van der Waals surface area contributed by atoms with Crippen molar-refractivity contribution < 1.29 is 8.42 Å². The van der Waals surface area contributed by atoms with Gasteiger partial charge in [-0.25, -0.2) is 18.4 Å². The third kappa shape index (κ3) is 3.95. The molecule has 0 amide bonds. The van der Waals surface area contributed by atoms with E-state index in [0.29, 0.717) is 42.0 Å². The molecular formula is C24H21ClN4O2S. The number of sulfonamides is 1. The molecule has 6 nitrogen and oxygen atoms in total. The lowest BCUT2D eigenvalue weighted by Gasteiger charge is -2.34. The molecule has 4 aromatic rings. The lowest BCUT2D eigenvalue weighted by Crippen LogP contribution is -2.49. The van der Waals surface area contributed by atoms with Gasteiger partial charge >= 0.3 is 0 Å². The number of piperazine rings is 1. The maximum absolute atomic E-state index is 12.9. The summed E-state index contributed by atoms with van der Waals surface area (Å²) in [5.41, 5.74) is 2.60. The number of halogens is 1. The molecular weight excluding hydrogens is 444 g/mol. The maximum Gasteiger partial charge on any atom is 0.243 e. The summed E-state index contributed by atoms with van der Waals surface area (Å²) in [5.74, 6) is 0.593. The molecule has 5 rings (SSSR count). The molecule has 0 bridgehead atoms. The van der Waals surface area contributed by atoms with Crippen LogP contribution in [0.2, 0.25) is 5.02 Å². The number of rotatable bonds is 4. The van der Waals surface area contributed by atoms with Crippen LogP contribution in [0.25, 0.3) is 22.2 Å². The molecule has 0 atom stereocenters. The second kappa shape index (κ2) is 8.50. The van der Waals surface area contributed by atoms with E-state index >= 15 is 0 Å². The smallest absolute Gasteiger partial charge is 0.243 e. The molecule has 2 heterocycles. The zero-order chi connectivity index (χ0) is 22.1. The highest BCUT2D eigenvalue weighted by Gasteiger charge is 2.29. The van der Waals surface area contributed by atoms with Crippen LogP contribution >= 0.6 is 11.6 Å². The largest absolute Gasteiger partial charge is 0.338 e. The van der Waals surface area contributed by atoms with Crippen LogP contribution in [0.4, 0.5) is 5.95 Å². The fourth-order valence-corrected chi connectivity index (χ4v) is 5.53. The van der Waals surface area contributed by atoms with E-state index < -0.39 is 10.0 Å². The number of fused-ring (bicyclic) bond motifs is 1. The van der Waals surface area contributed by atoms with E-state index in [9.17, 15) is 8.42 Å². The Labute approximate surface area is 192 Å². The SMILES string of the molecule is O=S(=O)(c1ccccc1)N1CCN(c2nc(-c3ccccc3)c3cc(Cl)ccc3n2)CC1. The van der Waals surface area contributed by atoms with Crippen molar-refractivity contribution in [3.05, 3.63) is 83.9 Å². The molecule has 1 aliphatic rings. The van der Waals surface area contributed by atoms with Gasteiger partial charge in [-0.2, -0.15) is 4.31 Å². The van der Waals surface area contributed by atoms with Crippen molar-refractivity contribution in [3.8, 4) is 11.3 Å². The van der Waals surface area contributed by atoms with E-state index in [-0.39, 0.29) is 0 Å². The number of benzene rings is 3. The van der Waals surface area contributed by atoms with Crippen molar-refractivity contribution in [3.63, 3.8) is 0 Å². The molecule has 1 aliphatic heterocycles. The second-order valence-electron chi connectivity index (χ2n) is 7.60. The molecule has 1 fully saturated rings. The summed E-state index contributed by atoms with van der Waals surface area (Å²) in [6.45, 7) is 1.78. The van der Waals surface area contributed by atoms with Gasteiger partial charge in [0.1, 0.15) is 0 Å². The van der Waals surface area contributed by atoms with E-state index in [1.54, 1.807) is 24.3 Å². The monoisotopic (exact) mass is 464 g/mol. The first-order valence-electron chi connectivity index (χ1n) is 10.4. The quantitative estimate of drug-likeness (QED) is 0.446. The lowest BCUT2D eigenvalue weighted by atomic mass is 10.1. The van der Waals surface area contributed by atoms with Gasteiger partial charge < -0.3 is 4.90 Å². The zero-order valence-electron chi connectivity index (χ0n) is 17.2. The van der Waals surface area contributed by atoms with Gasteiger partial charge in [0.2, 0.25) is 16.0 Å². The molecule has 1 saturated heterocycles. The molecule has 162 valence electrons. The van der Waals surface area contributed by atoms with Crippen LogP contribution in [0.1, 0.15) is 0 Å². The van der Waals surface area contributed by atoms with Crippen LogP contribution in [0.3, 0.4) is 0 Å². The fraction of sp³-hybridized carbons (Fsp3) is 0.167. The average Bonchev–Trinajstić information content (AvgIpc) is 2.84. The van der Waals surface area contributed by atoms with Gasteiger partial charge in [0.25, 0.3) is 0 Å². The van der Waals surface area contributed by atoms with Gasteiger partial charge in [0.05, 0.1) is 16.1 Å². The Kier molecular flexibility index (Phi) is 5.55. The summed E-state index contributed by atoms with van der Waals surface area (Å²) >= 11 is 6.25. The summed E-state index contributed by atoms with van der Waals surface area (Å²) in [6.07, 6.45) is 0. The molecule has 0 unspecified atom stereocenters. The van der Waals surface area contributed by atoms with E-state index in [0.717, 1.165) is 22.2 Å². The van der Waals surface area contributed by atoms with Crippen molar-refractivity contribution in [2.45, 2.75) is 4.90 Å². The first-order chi connectivity index (χ1) is 15.5. The van der Waals surface area contributed by atoms with Crippen LogP contribution in [-0.2, 0) is 10.0 Å². The Morgan fingerprint density at radius 3 is 2.12 bits per heavy atom. The molecule has 0 N–H and O–H groups in total. The average molecular weight is 465 g/mol. The topological polar surface area (TPSA) is 66.4 Å². The summed E-state index contributed by atoms with van der Waals surface area (Å²) in [7, 11) is -3.51. The van der Waals surface area contributed by atoms with Gasteiger partial charge in [0.15, 0.2) is 0 Å². The highest BCUT2D eigenvalue weighted by molar-refractivity contribution is 7.89. The van der Waals surface area contributed by atoms with E-state index in [2.05, 4.69) is 0 Å². The minimum atomic E-state index is -3.51. The minimum absolute atomic E-state index is 0.318. The van der Waals surface area contributed by atoms with Gasteiger partial charge in [-0.3, -0.25) is 0 Å². The van der Waals surface area contributed by atoms with Gasteiger partial charge in [-0.05, 0) is 30.3 Å². The summed E-state index contributed by atoms with van der Waals surface area (Å²) < 4.78 is 27.4. The Morgan fingerprint density at radius 1 is 0.781 bits per heavy atom. The fourth-order valence-electron chi connectivity index (χ4n) is 3.92. The van der Waals surface area contributed by atoms with Crippen LogP contribution in [-0.4, -0.2) is 48.9 Å². The van der Waals surface area contributed by atoms with Crippen LogP contribution < -0.4 is 4.90 Å². The van der Waals surface area contributed by atoms with E-state index in [4.69, 9.17) is 21.6 Å². The Bertz CT molecular complexity index is 1360. The van der Waals surface area contributed by atoms with Crippen molar-refractivity contribution in [2.75, 3.05) is 31.1 Å². The Morgan fingerprint density at radius 2 is 1.44 bits per heavy atom. The van der Waals surface area contributed by atoms with Crippen LogP contribution in [0.5, 0.6) is 0 Å². The normalized spacial score (nSPS) is 15.2. The van der Waals surface area contributed by atoms with Crippen LogP contribution in [0.15, 0.2) is 83.8 Å². The zero-order valence-corrected chi connectivity index (χ0v) is 18.8. The van der Waals surface area contributed by atoms with Crippen molar-refractivity contribution in [1.29, 1.82) is 0 Å². The third-order valence-electron chi connectivity index (χ3n) is 5.60. The molecule has 0 aliphatic carbocycles. The van der Waals surface area contributed by atoms with Gasteiger partial charge in [-0.15, -0.1) is 0 Å². The maximum atomic E-state index is 12.9. The van der Waals surface area contributed by atoms with Crippen molar-refractivity contribution in [2.24, 2.45) is 0 Å². The molecule has 0 saturated carbocycles. The van der Waals surface area contributed by atoms with Crippen molar-refractivity contribution in [1.82, 2.24) is 14.3 Å². The number of nitrogens with zero attached hydrogens (tertiary/aromatic N) is 4. The Balaban J connectivity index is 1.46. The number of aromatic nitrogens is 2. The highest BCUT2D eigenvalue weighted by Crippen LogP contribution is 2.30. The molecule has 3 aromatic carbocycles. The predicted octanol–water partition coefficient (Wildman–Crippen LogP) is 4.46. The van der Waals surface area contributed by atoms with E-state index in [1.807, 2.05) is 59.5 Å². The molecule has 0 radical (unpaired) electrons. The summed E-state index contributed by atoms with van der Waals surface area (Å²) in [6, 6.07) is 24.1. The predicted molar refractivity (Wildman–Crippen MR) is 127 cm³/mol. The molecule has 8 heteroatoms. The first-order valence-corrected chi connectivity index (χ1v) is 12.2. The van der Waals surface area contributed by atoms with Crippen LogP contribution in [0, 0.1) is 0 Å². The molecule has 32 heavy (non-hydrogen) atoms. The number of anilines is 1.